The van der Waals surface area contributed by atoms with E-state index in [1.807, 2.05) is 12.1 Å². The highest BCUT2D eigenvalue weighted by Gasteiger charge is 2.19. The second-order valence-electron chi connectivity index (χ2n) is 6.13. The second-order valence-corrected chi connectivity index (χ2v) is 10.8. The third-order valence-corrected chi connectivity index (χ3v) is 7.17. The molecule has 0 bridgehead atoms. The van der Waals surface area contributed by atoms with Crippen LogP contribution >= 0.6 is 90.4 Å². The molecule has 0 heterocycles. The molecule has 2 rings (SSSR count). The van der Waals surface area contributed by atoms with Gasteiger partial charge in [-0.3, -0.25) is 4.79 Å². The maximum Gasteiger partial charge on any atom is 0.321 e. The Kier molecular flexibility index (Phi) is 10.3. The summed E-state index contributed by atoms with van der Waals surface area (Å²) in [4.78, 5) is 11.6. The zero-order chi connectivity index (χ0) is 20.8. The Hall–Kier alpha value is 0.390. The predicted octanol–water partition coefficient (Wildman–Crippen LogP) is 5.99. The smallest absolute Gasteiger partial charge is 0.321 e. The molecule has 152 valence electrons. The van der Waals surface area contributed by atoms with E-state index in [0.29, 0.717) is 18.7 Å². The van der Waals surface area contributed by atoms with Crippen molar-refractivity contribution in [2.24, 2.45) is 0 Å². The SMILES string of the molecule is CCCCNC(Cc1cc(I)c(Oc2cc(I)c(O)c(I)c2)c(I)c1)C(=O)O. The number of unbranched alkanes of at least 4 members (excludes halogenated alkanes) is 1. The summed E-state index contributed by atoms with van der Waals surface area (Å²) in [5, 5.41) is 22.5. The molecule has 2 aromatic carbocycles. The molecule has 0 aliphatic heterocycles. The largest absolute Gasteiger partial charge is 0.506 e. The summed E-state index contributed by atoms with van der Waals surface area (Å²) in [5.74, 6) is 0.797. The topological polar surface area (TPSA) is 78.8 Å². The first-order valence-electron chi connectivity index (χ1n) is 8.52. The van der Waals surface area contributed by atoms with Gasteiger partial charge in [0.25, 0.3) is 0 Å². The van der Waals surface area contributed by atoms with Crippen LogP contribution in [0, 0.1) is 14.3 Å². The van der Waals surface area contributed by atoms with Gasteiger partial charge in [-0.15, -0.1) is 0 Å². The van der Waals surface area contributed by atoms with Crippen LogP contribution in [-0.4, -0.2) is 28.8 Å². The summed E-state index contributed by atoms with van der Waals surface area (Å²) >= 11 is 8.57. The van der Waals surface area contributed by atoms with Gasteiger partial charge in [0.05, 0.1) is 14.3 Å². The van der Waals surface area contributed by atoms with Crippen LogP contribution in [-0.2, 0) is 11.2 Å². The van der Waals surface area contributed by atoms with E-state index in [0.717, 1.165) is 38.4 Å². The fourth-order valence-corrected chi connectivity index (χ4v) is 6.31. The van der Waals surface area contributed by atoms with Crippen LogP contribution < -0.4 is 10.1 Å². The van der Waals surface area contributed by atoms with Gasteiger partial charge in [-0.05, 0) is 140 Å². The van der Waals surface area contributed by atoms with E-state index >= 15 is 0 Å². The van der Waals surface area contributed by atoms with Crippen molar-refractivity contribution in [1.82, 2.24) is 5.32 Å². The van der Waals surface area contributed by atoms with E-state index in [2.05, 4.69) is 103 Å². The Morgan fingerprint density at radius 1 is 1.07 bits per heavy atom. The van der Waals surface area contributed by atoms with Crippen molar-refractivity contribution < 1.29 is 19.7 Å². The minimum absolute atomic E-state index is 0.253. The Morgan fingerprint density at radius 3 is 2.14 bits per heavy atom. The minimum atomic E-state index is -0.838. The molecular weight excluding hydrogens is 814 g/mol. The number of hydrogen-bond acceptors (Lipinski definition) is 4. The molecule has 2 aromatic rings. The molecule has 1 atom stereocenters. The van der Waals surface area contributed by atoms with Crippen molar-refractivity contribution in [1.29, 1.82) is 0 Å². The highest BCUT2D eigenvalue weighted by molar-refractivity contribution is 14.1. The van der Waals surface area contributed by atoms with Crippen LogP contribution in [0.3, 0.4) is 0 Å². The second kappa shape index (κ2) is 11.7. The number of carboxylic acids is 1. The van der Waals surface area contributed by atoms with Crippen molar-refractivity contribution in [2.45, 2.75) is 32.2 Å². The van der Waals surface area contributed by atoms with Crippen LogP contribution in [0.4, 0.5) is 0 Å². The summed E-state index contributed by atoms with van der Waals surface area (Å²) in [6.45, 7) is 2.78. The molecule has 5 nitrogen and oxygen atoms in total. The van der Waals surface area contributed by atoms with E-state index in [1.165, 1.54) is 0 Å². The predicted molar refractivity (Wildman–Crippen MR) is 144 cm³/mol. The molecule has 0 amide bonds. The molecular formula is C19H19I4NO4. The van der Waals surface area contributed by atoms with Crippen LogP contribution in [0.25, 0.3) is 0 Å². The first-order valence-corrected chi connectivity index (χ1v) is 12.8. The molecule has 0 fully saturated rings. The quantitative estimate of drug-likeness (QED) is 0.214. The first-order chi connectivity index (χ1) is 13.2. The minimum Gasteiger partial charge on any atom is -0.506 e. The number of carbonyl (C=O) groups is 1. The van der Waals surface area contributed by atoms with Crippen molar-refractivity contribution >= 4 is 96.3 Å². The lowest BCUT2D eigenvalue weighted by atomic mass is 10.1. The van der Waals surface area contributed by atoms with Gasteiger partial charge in [-0.2, -0.15) is 0 Å². The number of rotatable bonds is 9. The van der Waals surface area contributed by atoms with Gasteiger partial charge < -0.3 is 20.3 Å². The number of aliphatic carboxylic acids is 1. The van der Waals surface area contributed by atoms with Gasteiger partial charge in [0.15, 0.2) is 5.75 Å². The number of halogens is 4. The third kappa shape index (κ3) is 6.97. The van der Waals surface area contributed by atoms with Gasteiger partial charge in [0.1, 0.15) is 17.5 Å². The molecule has 0 spiro atoms. The highest BCUT2D eigenvalue weighted by atomic mass is 127. The molecule has 9 heteroatoms. The molecule has 0 aromatic heterocycles. The number of carboxylic acid groups (broad SMARTS) is 1. The first kappa shape index (κ1) is 24.7. The summed E-state index contributed by atoms with van der Waals surface area (Å²) in [5.41, 5.74) is 0.951. The zero-order valence-corrected chi connectivity index (χ0v) is 23.6. The molecule has 0 aliphatic carbocycles. The maximum atomic E-state index is 11.6. The normalized spacial score (nSPS) is 12.0. The van der Waals surface area contributed by atoms with E-state index in [-0.39, 0.29) is 5.75 Å². The van der Waals surface area contributed by atoms with E-state index in [4.69, 9.17) is 4.74 Å². The standard InChI is InChI=1S/C19H19I4NO4/c1-2-3-4-24-16(19(26)27)7-10-5-14(22)18(15(23)6-10)28-11-8-12(20)17(25)13(21)9-11/h5-6,8-9,16,24-25H,2-4,7H2,1H3,(H,26,27). The van der Waals surface area contributed by atoms with Crippen molar-refractivity contribution in [3.8, 4) is 17.2 Å². The molecule has 0 saturated carbocycles. The monoisotopic (exact) mass is 833 g/mol. The summed E-state index contributed by atoms with van der Waals surface area (Å²) < 4.78 is 9.35. The van der Waals surface area contributed by atoms with Gasteiger partial charge in [0, 0.05) is 0 Å². The number of ether oxygens (including phenoxy) is 1. The lowest BCUT2D eigenvalue weighted by Crippen LogP contribution is -2.39. The van der Waals surface area contributed by atoms with Crippen molar-refractivity contribution in [3.05, 3.63) is 44.1 Å². The highest BCUT2D eigenvalue weighted by Crippen LogP contribution is 2.36. The van der Waals surface area contributed by atoms with E-state index < -0.39 is 12.0 Å². The van der Waals surface area contributed by atoms with Crippen LogP contribution in [0.2, 0.25) is 0 Å². The number of phenolic OH excluding ortho intramolecular Hbond substituents is 1. The fourth-order valence-electron chi connectivity index (χ4n) is 2.48. The lowest BCUT2D eigenvalue weighted by Gasteiger charge is -2.17. The molecule has 0 saturated heterocycles. The molecule has 0 radical (unpaired) electrons. The molecule has 1 unspecified atom stereocenters. The fraction of sp³-hybridized carbons (Fsp3) is 0.316. The van der Waals surface area contributed by atoms with E-state index in [9.17, 15) is 15.0 Å². The zero-order valence-electron chi connectivity index (χ0n) is 14.9. The summed E-state index contributed by atoms with van der Waals surface area (Å²) in [7, 11) is 0. The average Bonchev–Trinajstić information content (AvgIpc) is 2.61. The molecule has 3 N–H and O–H groups in total. The number of aromatic hydroxyl groups is 1. The third-order valence-electron chi connectivity index (χ3n) is 3.93. The Balaban J connectivity index is 2.21. The van der Waals surface area contributed by atoms with Crippen LogP contribution in [0.15, 0.2) is 24.3 Å². The van der Waals surface area contributed by atoms with Gasteiger partial charge in [0.2, 0.25) is 0 Å². The maximum absolute atomic E-state index is 11.6. The summed E-state index contributed by atoms with van der Waals surface area (Å²) in [6.07, 6.45) is 2.40. The Bertz CT molecular complexity index is 814. The average molecular weight is 833 g/mol. The summed E-state index contributed by atoms with van der Waals surface area (Å²) in [6, 6.07) is 6.90. The lowest BCUT2D eigenvalue weighted by molar-refractivity contribution is -0.139. The van der Waals surface area contributed by atoms with Gasteiger partial charge >= 0.3 is 5.97 Å². The number of nitrogens with one attached hydrogen (secondary N) is 1. The Morgan fingerprint density at radius 2 is 1.64 bits per heavy atom. The number of phenols is 1. The number of hydrogen-bond donors (Lipinski definition) is 3. The van der Waals surface area contributed by atoms with Crippen molar-refractivity contribution in [2.75, 3.05) is 6.54 Å². The van der Waals surface area contributed by atoms with Crippen LogP contribution in [0.1, 0.15) is 25.3 Å². The van der Waals surface area contributed by atoms with Gasteiger partial charge in [-0.25, -0.2) is 0 Å². The van der Waals surface area contributed by atoms with Crippen molar-refractivity contribution in [3.63, 3.8) is 0 Å². The van der Waals surface area contributed by atoms with Gasteiger partial charge in [-0.1, -0.05) is 13.3 Å². The van der Waals surface area contributed by atoms with E-state index in [1.54, 1.807) is 12.1 Å². The Labute approximate surface area is 219 Å². The molecule has 28 heavy (non-hydrogen) atoms. The number of benzene rings is 2. The molecule has 0 aliphatic rings. The van der Waals surface area contributed by atoms with Crippen LogP contribution in [0.5, 0.6) is 17.2 Å².